The molecule has 1 atom stereocenters. The van der Waals surface area contributed by atoms with Crippen LogP contribution in [0, 0.1) is 17.6 Å². The lowest BCUT2D eigenvalue weighted by atomic mass is 10.1. The Bertz CT molecular complexity index is 840. The number of carbonyl (C=O) groups excluding carboxylic acids is 2. The van der Waals surface area contributed by atoms with Crippen LogP contribution in [0.5, 0.6) is 0 Å². The minimum Gasteiger partial charge on any atom is -0.321 e. The Hall–Kier alpha value is -2.18. The van der Waals surface area contributed by atoms with Gasteiger partial charge in [-0.25, -0.2) is 8.78 Å². The zero-order valence-corrected chi connectivity index (χ0v) is 14.2. The number of anilines is 2. The van der Waals surface area contributed by atoms with E-state index in [9.17, 15) is 18.4 Å². The number of para-hydroxylation sites is 1. The molecule has 0 spiro atoms. The minimum absolute atomic E-state index is 0.0425. The van der Waals surface area contributed by atoms with Crippen LogP contribution in [0.1, 0.15) is 6.42 Å². The van der Waals surface area contributed by atoms with Gasteiger partial charge in [-0.05, 0) is 24.3 Å². The molecular weight excluding hydrogens is 373 g/mol. The van der Waals surface area contributed by atoms with Crippen LogP contribution < -0.4 is 10.2 Å². The monoisotopic (exact) mass is 384 g/mol. The van der Waals surface area contributed by atoms with E-state index in [1.165, 1.54) is 11.0 Å². The lowest BCUT2D eigenvalue weighted by molar-refractivity contribution is -0.122. The summed E-state index contributed by atoms with van der Waals surface area (Å²) in [5.74, 6) is -3.49. The molecule has 1 aliphatic rings. The number of halogens is 4. The van der Waals surface area contributed by atoms with E-state index < -0.39 is 29.1 Å². The summed E-state index contributed by atoms with van der Waals surface area (Å²) < 4.78 is 27.3. The first-order valence-electron chi connectivity index (χ1n) is 7.37. The number of benzene rings is 2. The molecule has 3 rings (SSSR count). The van der Waals surface area contributed by atoms with Gasteiger partial charge in [-0.2, -0.15) is 0 Å². The fraction of sp³-hybridized carbons (Fsp3) is 0.176. The van der Waals surface area contributed by atoms with Crippen molar-refractivity contribution in [2.45, 2.75) is 6.42 Å². The number of nitrogens with zero attached hydrogens (tertiary/aromatic N) is 1. The van der Waals surface area contributed by atoms with Crippen molar-refractivity contribution in [2.75, 3.05) is 16.8 Å². The topological polar surface area (TPSA) is 49.4 Å². The molecule has 130 valence electrons. The Labute approximate surface area is 152 Å². The Kier molecular flexibility index (Phi) is 4.92. The van der Waals surface area contributed by atoms with Crippen molar-refractivity contribution in [1.29, 1.82) is 0 Å². The molecule has 0 aliphatic carbocycles. The summed E-state index contributed by atoms with van der Waals surface area (Å²) in [7, 11) is 0. The Morgan fingerprint density at radius 1 is 1.12 bits per heavy atom. The molecule has 1 heterocycles. The highest BCUT2D eigenvalue weighted by Gasteiger charge is 2.36. The summed E-state index contributed by atoms with van der Waals surface area (Å²) in [6.45, 7) is 0.0425. The molecule has 1 saturated heterocycles. The SMILES string of the molecule is O=C(Nc1c(F)cccc1F)C1CC(=O)N(c2cccc(Cl)c2Cl)C1. The Morgan fingerprint density at radius 3 is 2.44 bits per heavy atom. The second-order valence-electron chi connectivity index (χ2n) is 5.56. The quantitative estimate of drug-likeness (QED) is 0.858. The van der Waals surface area contributed by atoms with Gasteiger partial charge in [-0.1, -0.05) is 35.3 Å². The predicted molar refractivity (Wildman–Crippen MR) is 91.9 cm³/mol. The van der Waals surface area contributed by atoms with E-state index in [1.807, 2.05) is 0 Å². The van der Waals surface area contributed by atoms with Crippen LogP contribution in [0.25, 0.3) is 0 Å². The fourth-order valence-corrected chi connectivity index (χ4v) is 3.06. The lowest BCUT2D eigenvalue weighted by Crippen LogP contribution is -2.28. The highest BCUT2D eigenvalue weighted by atomic mass is 35.5. The standard InChI is InChI=1S/C17H12Cl2F2N2O2/c18-10-3-1-6-13(15(10)19)23-8-9(7-14(23)24)17(25)22-16-11(20)4-2-5-12(16)21/h1-6,9H,7-8H2,(H,22,25). The largest absolute Gasteiger partial charge is 0.321 e. The van der Waals surface area contributed by atoms with Crippen molar-refractivity contribution in [2.24, 2.45) is 5.92 Å². The zero-order valence-electron chi connectivity index (χ0n) is 12.7. The minimum atomic E-state index is -0.882. The number of rotatable bonds is 3. The highest BCUT2D eigenvalue weighted by Crippen LogP contribution is 2.36. The van der Waals surface area contributed by atoms with Gasteiger partial charge in [0, 0.05) is 13.0 Å². The molecule has 0 aromatic heterocycles. The molecule has 2 amide bonds. The normalized spacial score (nSPS) is 17.0. The molecule has 1 aliphatic heterocycles. The van der Waals surface area contributed by atoms with Crippen LogP contribution in [-0.2, 0) is 9.59 Å². The first-order valence-corrected chi connectivity index (χ1v) is 8.13. The van der Waals surface area contributed by atoms with Crippen molar-refractivity contribution in [3.63, 3.8) is 0 Å². The molecule has 25 heavy (non-hydrogen) atoms. The maximum Gasteiger partial charge on any atom is 0.229 e. The summed E-state index contributed by atoms with van der Waals surface area (Å²) in [5, 5.41) is 2.70. The van der Waals surface area contributed by atoms with Gasteiger partial charge in [0.25, 0.3) is 0 Å². The number of amides is 2. The molecule has 0 bridgehead atoms. The molecule has 1 fully saturated rings. The lowest BCUT2D eigenvalue weighted by Gasteiger charge is -2.18. The molecular formula is C17H12Cl2F2N2O2. The molecule has 1 unspecified atom stereocenters. The third-order valence-electron chi connectivity index (χ3n) is 3.93. The van der Waals surface area contributed by atoms with Crippen molar-refractivity contribution in [3.8, 4) is 0 Å². The fourth-order valence-electron chi connectivity index (χ4n) is 2.66. The zero-order chi connectivity index (χ0) is 18.1. The average Bonchev–Trinajstić information content (AvgIpc) is 2.95. The molecule has 2 aromatic carbocycles. The van der Waals surface area contributed by atoms with Gasteiger partial charge in [-0.3, -0.25) is 9.59 Å². The summed E-state index contributed by atoms with van der Waals surface area (Å²) >= 11 is 12.1. The van der Waals surface area contributed by atoms with Crippen LogP contribution in [0.15, 0.2) is 36.4 Å². The molecule has 1 N–H and O–H groups in total. The second-order valence-corrected chi connectivity index (χ2v) is 6.35. The van der Waals surface area contributed by atoms with E-state index in [2.05, 4.69) is 5.32 Å². The van der Waals surface area contributed by atoms with Crippen LogP contribution in [-0.4, -0.2) is 18.4 Å². The van der Waals surface area contributed by atoms with Crippen molar-refractivity contribution >= 4 is 46.4 Å². The average molecular weight is 385 g/mol. The van der Waals surface area contributed by atoms with Gasteiger partial charge in [0.15, 0.2) is 0 Å². The van der Waals surface area contributed by atoms with E-state index in [4.69, 9.17) is 23.2 Å². The highest BCUT2D eigenvalue weighted by molar-refractivity contribution is 6.44. The van der Waals surface area contributed by atoms with Gasteiger partial charge < -0.3 is 10.2 Å². The van der Waals surface area contributed by atoms with Gasteiger partial charge in [0.1, 0.15) is 17.3 Å². The van der Waals surface area contributed by atoms with Crippen molar-refractivity contribution in [1.82, 2.24) is 0 Å². The smallest absolute Gasteiger partial charge is 0.229 e. The van der Waals surface area contributed by atoms with E-state index >= 15 is 0 Å². The molecule has 4 nitrogen and oxygen atoms in total. The van der Waals surface area contributed by atoms with Crippen LogP contribution in [0.3, 0.4) is 0 Å². The van der Waals surface area contributed by atoms with E-state index in [0.717, 1.165) is 12.1 Å². The molecule has 0 radical (unpaired) electrons. The van der Waals surface area contributed by atoms with Gasteiger partial charge in [-0.15, -0.1) is 0 Å². The summed E-state index contributed by atoms with van der Waals surface area (Å²) in [4.78, 5) is 25.9. The Balaban J connectivity index is 1.78. The molecule has 0 saturated carbocycles. The maximum atomic E-state index is 13.6. The Morgan fingerprint density at radius 2 is 1.76 bits per heavy atom. The summed E-state index contributed by atoms with van der Waals surface area (Å²) in [6, 6.07) is 8.11. The van der Waals surface area contributed by atoms with Crippen LogP contribution in [0.2, 0.25) is 10.0 Å². The van der Waals surface area contributed by atoms with Crippen molar-refractivity contribution in [3.05, 3.63) is 58.1 Å². The van der Waals surface area contributed by atoms with Gasteiger partial charge in [0.05, 0.1) is 21.7 Å². The summed E-state index contributed by atoms with van der Waals surface area (Å²) in [6.07, 6.45) is -0.0925. The number of carbonyl (C=O) groups is 2. The second kappa shape index (κ2) is 6.98. The first-order chi connectivity index (χ1) is 11.9. The third kappa shape index (κ3) is 3.45. The van der Waals surface area contributed by atoms with Crippen molar-refractivity contribution < 1.29 is 18.4 Å². The molecule has 2 aromatic rings. The van der Waals surface area contributed by atoms with Gasteiger partial charge >= 0.3 is 0 Å². The van der Waals surface area contributed by atoms with Crippen LogP contribution >= 0.6 is 23.2 Å². The van der Waals surface area contributed by atoms with E-state index in [-0.39, 0.29) is 28.9 Å². The van der Waals surface area contributed by atoms with Gasteiger partial charge in [0.2, 0.25) is 11.8 Å². The maximum absolute atomic E-state index is 13.6. The number of nitrogens with one attached hydrogen (secondary N) is 1. The first kappa shape index (κ1) is 17.6. The van der Waals surface area contributed by atoms with E-state index in [1.54, 1.807) is 18.2 Å². The number of hydrogen-bond acceptors (Lipinski definition) is 2. The summed E-state index contributed by atoms with van der Waals surface area (Å²) in [5.41, 5.74) is -0.134. The van der Waals surface area contributed by atoms with Crippen LogP contribution in [0.4, 0.5) is 20.2 Å². The van der Waals surface area contributed by atoms with E-state index in [0.29, 0.717) is 5.69 Å². The molecule has 8 heteroatoms. The number of hydrogen-bond donors (Lipinski definition) is 1. The predicted octanol–water partition coefficient (Wildman–Crippen LogP) is 4.26. The third-order valence-corrected chi connectivity index (χ3v) is 4.74.